The van der Waals surface area contributed by atoms with E-state index in [0.717, 1.165) is 33.4 Å². The maximum atomic E-state index is 5.84. The molecule has 0 amide bonds. The molecule has 0 fully saturated rings. The highest BCUT2D eigenvalue weighted by Gasteiger charge is 2.08. The topological polar surface area (TPSA) is 53.1 Å². The van der Waals surface area contributed by atoms with Gasteiger partial charge in [-0.3, -0.25) is 0 Å². The lowest BCUT2D eigenvalue weighted by Crippen LogP contribution is -2.01. The molecule has 1 heterocycles. The van der Waals surface area contributed by atoms with Crippen molar-refractivity contribution in [2.24, 2.45) is 7.05 Å². The molecule has 0 saturated heterocycles. The van der Waals surface area contributed by atoms with Gasteiger partial charge in [-0.15, -0.1) is 0 Å². The normalized spacial score (nSPS) is 11.0. The molecule has 0 atom stereocenters. The third kappa shape index (κ3) is 3.31. The third-order valence-electron chi connectivity index (χ3n) is 3.26. The standard InChI is InChI=1S/C16H16ClN3OS/c1-20-15-7-4-12(18)10-14(15)19-16(20)22-9-8-21-13-5-2-11(17)3-6-13/h2-7,10H,8-9,18H2,1H3. The number of fused-ring (bicyclic) bond motifs is 1. The van der Waals surface area contributed by atoms with Gasteiger partial charge in [0.15, 0.2) is 5.16 Å². The van der Waals surface area contributed by atoms with Crippen molar-refractivity contribution in [3.05, 3.63) is 47.5 Å². The van der Waals surface area contributed by atoms with Crippen LogP contribution in [0.3, 0.4) is 0 Å². The van der Waals surface area contributed by atoms with Gasteiger partial charge in [0.25, 0.3) is 0 Å². The van der Waals surface area contributed by atoms with Crippen LogP contribution in [0.4, 0.5) is 5.69 Å². The van der Waals surface area contributed by atoms with Crippen LogP contribution in [0.15, 0.2) is 47.6 Å². The summed E-state index contributed by atoms with van der Waals surface area (Å²) in [6, 6.07) is 13.1. The number of thioether (sulfide) groups is 1. The number of halogens is 1. The van der Waals surface area contributed by atoms with E-state index in [4.69, 9.17) is 22.1 Å². The Morgan fingerprint density at radius 2 is 2.00 bits per heavy atom. The van der Waals surface area contributed by atoms with E-state index >= 15 is 0 Å². The Morgan fingerprint density at radius 3 is 2.77 bits per heavy atom. The van der Waals surface area contributed by atoms with Crippen molar-refractivity contribution in [1.82, 2.24) is 9.55 Å². The minimum absolute atomic E-state index is 0.609. The van der Waals surface area contributed by atoms with Gasteiger partial charge in [0, 0.05) is 23.5 Å². The van der Waals surface area contributed by atoms with Gasteiger partial charge in [-0.2, -0.15) is 0 Å². The molecule has 6 heteroatoms. The van der Waals surface area contributed by atoms with Crippen LogP contribution in [0, 0.1) is 0 Å². The zero-order chi connectivity index (χ0) is 15.5. The largest absolute Gasteiger partial charge is 0.493 e. The van der Waals surface area contributed by atoms with Gasteiger partial charge in [0.1, 0.15) is 5.75 Å². The summed E-state index contributed by atoms with van der Waals surface area (Å²) in [5.41, 5.74) is 8.52. The summed E-state index contributed by atoms with van der Waals surface area (Å²) in [4.78, 5) is 4.60. The summed E-state index contributed by atoms with van der Waals surface area (Å²) < 4.78 is 7.75. The minimum Gasteiger partial charge on any atom is -0.493 e. The second-order valence-corrected chi connectivity index (χ2v) is 6.35. The highest BCUT2D eigenvalue weighted by Crippen LogP contribution is 2.24. The van der Waals surface area contributed by atoms with Gasteiger partial charge in [0.05, 0.1) is 17.6 Å². The fraction of sp³-hybridized carbons (Fsp3) is 0.188. The second-order valence-electron chi connectivity index (χ2n) is 4.85. The molecule has 0 saturated carbocycles. The first kappa shape index (κ1) is 15.1. The minimum atomic E-state index is 0.609. The van der Waals surface area contributed by atoms with Crippen molar-refractivity contribution in [3.63, 3.8) is 0 Å². The van der Waals surface area contributed by atoms with E-state index < -0.39 is 0 Å². The number of nitrogens with two attached hydrogens (primary N) is 1. The van der Waals surface area contributed by atoms with Gasteiger partial charge in [-0.1, -0.05) is 23.4 Å². The number of rotatable bonds is 5. The van der Waals surface area contributed by atoms with E-state index in [0.29, 0.717) is 11.6 Å². The molecule has 0 aliphatic heterocycles. The molecule has 0 aliphatic rings. The number of nitrogens with zero attached hydrogens (tertiary/aromatic N) is 2. The van der Waals surface area contributed by atoms with Gasteiger partial charge >= 0.3 is 0 Å². The Hall–Kier alpha value is -1.85. The van der Waals surface area contributed by atoms with Crippen LogP contribution in [-0.2, 0) is 7.05 Å². The molecule has 0 bridgehead atoms. The molecule has 2 aromatic carbocycles. The van der Waals surface area contributed by atoms with E-state index in [1.54, 1.807) is 11.8 Å². The summed E-state index contributed by atoms with van der Waals surface area (Å²) in [6.45, 7) is 0.609. The highest BCUT2D eigenvalue weighted by molar-refractivity contribution is 7.99. The Kier molecular flexibility index (Phi) is 4.45. The molecule has 4 nitrogen and oxygen atoms in total. The second kappa shape index (κ2) is 6.50. The maximum Gasteiger partial charge on any atom is 0.168 e. The zero-order valence-electron chi connectivity index (χ0n) is 12.1. The number of hydrogen-bond acceptors (Lipinski definition) is 4. The van der Waals surface area contributed by atoms with Crippen LogP contribution in [-0.4, -0.2) is 21.9 Å². The van der Waals surface area contributed by atoms with Crippen LogP contribution < -0.4 is 10.5 Å². The first-order valence-electron chi connectivity index (χ1n) is 6.86. The van der Waals surface area contributed by atoms with Gasteiger partial charge < -0.3 is 15.0 Å². The number of hydrogen-bond donors (Lipinski definition) is 1. The van der Waals surface area contributed by atoms with Crippen molar-refractivity contribution in [1.29, 1.82) is 0 Å². The maximum absolute atomic E-state index is 5.84. The lowest BCUT2D eigenvalue weighted by Gasteiger charge is -2.06. The number of imidazole rings is 1. The summed E-state index contributed by atoms with van der Waals surface area (Å²) in [7, 11) is 2.01. The summed E-state index contributed by atoms with van der Waals surface area (Å²) in [5.74, 6) is 1.64. The summed E-state index contributed by atoms with van der Waals surface area (Å²) >= 11 is 7.50. The quantitative estimate of drug-likeness (QED) is 0.436. The van der Waals surface area contributed by atoms with Crippen LogP contribution in [0.1, 0.15) is 0 Å². The predicted octanol–water partition coefficient (Wildman–Crippen LogP) is 3.98. The monoisotopic (exact) mass is 333 g/mol. The number of nitrogen functional groups attached to an aromatic ring is 1. The molecule has 0 radical (unpaired) electrons. The average molecular weight is 334 g/mol. The molecule has 3 aromatic rings. The highest BCUT2D eigenvalue weighted by atomic mass is 35.5. The Balaban J connectivity index is 1.59. The van der Waals surface area contributed by atoms with E-state index in [-0.39, 0.29) is 0 Å². The van der Waals surface area contributed by atoms with Crippen LogP contribution >= 0.6 is 23.4 Å². The average Bonchev–Trinajstić information content (AvgIpc) is 2.81. The third-order valence-corrected chi connectivity index (χ3v) is 4.51. The molecule has 22 heavy (non-hydrogen) atoms. The molecule has 114 valence electrons. The molecule has 1 aromatic heterocycles. The Morgan fingerprint density at radius 1 is 1.23 bits per heavy atom. The summed E-state index contributed by atoms with van der Waals surface area (Å²) in [5, 5.41) is 1.67. The lowest BCUT2D eigenvalue weighted by atomic mass is 10.3. The van der Waals surface area contributed by atoms with Crippen molar-refractivity contribution in [3.8, 4) is 5.75 Å². The SMILES string of the molecule is Cn1c(SCCOc2ccc(Cl)cc2)nc2cc(N)ccc21. The van der Waals surface area contributed by atoms with Crippen molar-refractivity contribution in [2.45, 2.75) is 5.16 Å². The molecule has 0 spiro atoms. The first-order valence-corrected chi connectivity index (χ1v) is 8.23. The van der Waals surface area contributed by atoms with E-state index in [1.807, 2.05) is 49.5 Å². The lowest BCUT2D eigenvalue weighted by molar-refractivity contribution is 0.344. The van der Waals surface area contributed by atoms with E-state index in [2.05, 4.69) is 9.55 Å². The Labute approximate surface area is 138 Å². The summed E-state index contributed by atoms with van der Waals surface area (Å²) in [6.07, 6.45) is 0. The molecule has 0 unspecified atom stereocenters. The molecular formula is C16H16ClN3OS. The Bertz CT molecular complexity index is 786. The van der Waals surface area contributed by atoms with Gasteiger partial charge in [-0.25, -0.2) is 4.98 Å². The van der Waals surface area contributed by atoms with Crippen LogP contribution in [0.25, 0.3) is 11.0 Å². The van der Waals surface area contributed by atoms with Gasteiger partial charge in [0.2, 0.25) is 0 Å². The number of aromatic nitrogens is 2. The van der Waals surface area contributed by atoms with E-state index in [9.17, 15) is 0 Å². The van der Waals surface area contributed by atoms with Crippen molar-refractivity contribution >= 4 is 40.1 Å². The first-order chi connectivity index (χ1) is 10.6. The number of anilines is 1. The van der Waals surface area contributed by atoms with Gasteiger partial charge in [-0.05, 0) is 42.5 Å². The van der Waals surface area contributed by atoms with Crippen LogP contribution in [0.5, 0.6) is 5.75 Å². The molecule has 2 N–H and O–H groups in total. The van der Waals surface area contributed by atoms with Crippen molar-refractivity contribution in [2.75, 3.05) is 18.1 Å². The fourth-order valence-corrected chi connectivity index (χ4v) is 3.08. The number of benzene rings is 2. The predicted molar refractivity (Wildman–Crippen MR) is 92.8 cm³/mol. The zero-order valence-corrected chi connectivity index (χ0v) is 13.7. The van der Waals surface area contributed by atoms with Crippen LogP contribution in [0.2, 0.25) is 5.02 Å². The van der Waals surface area contributed by atoms with Crippen molar-refractivity contribution < 1.29 is 4.74 Å². The number of aryl methyl sites for hydroxylation is 1. The fourth-order valence-electron chi connectivity index (χ4n) is 2.15. The number of ether oxygens (including phenoxy) is 1. The molecule has 3 rings (SSSR count). The van der Waals surface area contributed by atoms with E-state index in [1.165, 1.54) is 0 Å². The molecular weight excluding hydrogens is 318 g/mol. The molecule has 0 aliphatic carbocycles. The smallest absolute Gasteiger partial charge is 0.168 e.